The van der Waals surface area contributed by atoms with E-state index in [4.69, 9.17) is 9.84 Å². The van der Waals surface area contributed by atoms with Gasteiger partial charge in [-0.05, 0) is 77.0 Å². The average molecular weight is 616 g/mol. The lowest BCUT2D eigenvalue weighted by molar-refractivity contribution is -0.150. The van der Waals surface area contributed by atoms with Gasteiger partial charge in [0.05, 0.1) is 0 Å². The number of ether oxygens (including phenoxy) is 1. The Bertz CT molecular complexity index is 814. The molecule has 0 rings (SSSR count). The first-order chi connectivity index (χ1) is 21.5. The molecule has 0 heterocycles. The quantitative estimate of drug-likeness (QED) is 0.0460. The van der Waals surface area contributed by atoms with Crippen LogP contribution >= 0.6 is 0 Å². The average Bonchev–Trinajstić information content (AvgIpc) is 3.00. The highest BCUT2D eigenvalue weighted by Crippen LogP contribution is 2.18. The van der Waals surface area contributed by atoms with E-state index in [0.29, 0.717) is 12.8 Å². The Morgan fingerprint density at radius 3 is 1.70 bits per heavy atom. The van der Waals surface area contributed by atoms with E-state index in [-0.39, 0.29) is 24.5 Å². The molecule has 0 aromatic rings. The first-order valence-electron chi connectivity index (χ1n) is 17.8. The summed E-state index contributed by atoms with van der Waals surface area (Å²) >= 11 is 0. The van der Waals surface area contributed by atoms with Crippen LogP contribution in [0.4, 0.5) is 0 Å². The standard InChI is InChI=1S/C38H65NO5/c1-3-5-7-9-10-11-12-13-14-15-16-17-18-19-20-21-22-23-29-33-38(43)44-35(30-26-8-6-4-2)31-27-24-25-28-32-36(40)39-34-37(41)42/h5,7,10-11,13-14,16-17,35H,3-4,6,8-9,12,15,18-34H2,1-2H3,(H,39,40)(H,41,42)/b7-5-,11-10-,14-13-,17-16-. The van der Waals surface area contributed by atoms with Crippen molar-refractivity contribution in [1.82, 2.24) is 5.32 Å². The minimum absolute atomic E-state index is 0.00316. The molecule has 0 fully saturated rings. The van der Waals surface area contributed by atoms with Gasteiger partial charge >= 0.3 is 11.9 Å². The van der Waals surface area contributed by atoms with E-state index in [1.807, 2.05) is 0 Å². The van der Waals surface area contributed by atoms with Crippen molar-refractivity contribution in [1.29, 1.82) is 0 Å². The minimum atomic E-state index is -1.03. The molecule has 6 heteroatoms. The summed E-state index contributed by atoms with van der Waals surface area (Å²) in [5, 5.41) is 11.0. The van der Waals surface area contributed by atoms with Crippen LogP contribution in [0.1, 0.15) is 162 Å². The SMILES string of the molecule is CC/C=C\C/C=C\C/C=C\C/C=C\CCCCCCCCC(=O)OC(CCCCCC)CCCCCCC(=O)NCC(=O)O. The molecule has 44 heavy (non-hydrogen) atoms. The van der Waals surface area contributed by atoms with Gasteiger partial charge in [0.1, 0.15) is 12.6 Å². The predicted octanol–water partition coefficient (Wildman–Crippen LogP) is 10.3. The van der Waals surface area contributed by atoms with Crippen molar-refractivity contribution >= 4 is 17.8 Å². The van der Waals surface area contributed by atoms with Gasteiger partial charge in [-0.1, -0.05) is 120 Å². The lowest BCUT2D eigenvalue weighted by Crippen LogP contribution is -2.28. The fourth-order valence-electron chi connectivity index (χ4n) is 4.92. The molecule has 252 valence electrons. The minimum Gasteiger partial charge on any atom is -0.480 e. The van der Waals surface area contributed by atoms with Crippen LogP contribution in [0.2, 0.25) is 0 Å². The maximum absolute atomic E-state index is 12.5. The molecule has 0 spiro atoms. The van der Waals surface area contributed by atoms with E-state index in [2.05, 4.69) is 67.8 Å². The molecule has 0 bridgehead atoms. The number of rotatable bonds is 31. The molecule has 1 atom stereocenters. The number of carbonyl (C=O) groups is 3. The number of aliphatic carboxylic acids is 1. The van der Waals surface area contributed by atoms with Crippen LogP contribution in [0, 0.1) is 0 Å². The van der Waals surface area contributed by atoms with Crippen molar-refractivity contribution in [2.45, 2.75) is 168 Å². The number of carboxylic acids is 1. The monoisotopic (exact) mass is 615 g/mol. The van der Waals surface area contributed by atoms with Crippen LogP contribution in [-0.4, -0.2) is 35.6 Å². The van der Waals surface area contributed by atoms with E-state index < -0.39 is 5.97 Å². The molecule has 0 saturated heterocycles. The Morgan fingerprint density at radius 2 is 1.11 bits per heavy atom. The fourth-order valence-corrected chi connectivity index (χ4v) is 4.92. The zero-order valence-corrected chi connectivity index (χ0v) is 28.2. The molecule has 1 amide bonds. The summed E-state index contributed by atoms with van der Waals surface area (Å²) in [6.07, 6.45) is 41.0. The second kappa shape index (κ2) is 33.3. The Balaban J connectivity index is 3.91. The van der Waals surface area contributed by atoms with Gasteiger partial charge in [-0.2, -0.15) is 0 Å². The Morgan fingerprint density at radius 1 is 0.614 bits per heavy atom. The number of carbonyl (C=O) groups excluding carboxylic acids is 2. The van der Waals surface area contributed by atoms with Gasteiger partial charge < -0.3 is 15.2 Å². The smallest absolute Gasteiger partial charge is 0.322 e. The van der Waals surface area contributed by atoms with Gasteiger partial charge in [-0.25, -0.2) is 0 Å². The van der Waals surface area contributed by atoms with Crippen LogP contribution in [0.15, 0.2) is 48.6 Å². The maximum Gasteiger partial charge on any atom is 0.322 e. The summed E-state index contributed by atoms with van der Waals surface area (Å²) in [5.74, 6) is -1.29. The third kappa shape index (κ3) is 32.3. The van der Waals surface area contributed by atoms with Gasteiger partial charge in [0.15, 0.2) is 0 Å². The lowest BCUT2D eigenvalue weighted by Gasteiger charge is -2.18. The fraction of sp³-hybridized carbons (Fsp3) is 0.711. The topological polar surface area (TPSA) is 92.7 Å². The highest BCUT2D eigenvalue weighted by Gasteiger charge is 2.14. The Hall–Kier alpha value is -2.63. The summed E-state index contributed by atoms with van der Waals surface area (Å²) in [4.78, 5) is 34.7. The van der Waals surface area contributed by atoms with Crippen molar-refractivity contribution in [3.05, 3.63) is 48.6 Å². The molecule has 0 saturated carbocycles. The summed E-state index contributed by atoms with van der Waals surface area (Å²) in [7, 11) is 0. The van der Waals surface area contributed by atoms with Crippen molar-refractivity contribution in [2.75, 3.05) is 6.54 Å². The zero-order chi connectivity index (χ0) is 32.4. The van der Waals surface area contributed by atoms with Crippen molar-refractivity contribution in [3.63, 3.8) is 0 Å². The van der Waals surface area contributed by atoms with E-state index in [1.165, 1.54) is 44.9 Å². The molecule has 0 aromatic heterocycles. The molecule has 0 aromatic carbocycles. The molecule has 0 aliphatic heterocycles. The van der Waals surface area contributed by atoms with Gasteiger partial charge in [-0.15, -0.1) is 0 Å². The number of esters is 1. The summed E-state index contributed by atoms with van der Waals surface area (Å²) < 4.78 is 5.89. The number of nitrogens with one attached hydrogen (secondary N) is 1. The van der Waals surface area contributed by atoms with Gasteiger partial charge in [-0.3, -0.25) is 14.4 Å². The third-order valence-electron chi connectivity index (χ3n) is 7.52. The largest absolute Gasteiger partial charge is 0.480 e. The number of unbranched alkanes of at least 4 members (excludes halogenated alkanes) is 12. The van der Waals surface area contributed by atoms with Crippen molar-refractivity contribution < 1.29 is 24.2 Å². The zero-order valence-electron chi connectivity index (χ0n) is 28.2. The van der Waals surface area contributed by atoms with Crippen LogP contribution in [-0.2, 0) is 19.1 Å². The normalized spacial score (nSPS) is 12.6. The molecular formula is C38H65NO5. The van der Waals surface area contributed by atoms with Crippen molar-refractivity contribution in [2.24, 2.45) is 0 Å². The molecular weight excluding hydrogens is 550 g/mol. The van der Waals surface area contributed by atoms with Crippen LogP contribution in [0.5, 0.6) is 0 Å². The van der Waals surface area contributed by atoms with Crippen molar-refractivity contribution in [3.8, 4) is 0 Å². The summed E-state index contributed by atoms with van der Waals surface area (Å²) in [6, 6.07) is 0. The van der Waals surface area contributed by atoms with Gasteiger partial charge in [0.25, 0.3) is 0 Å². The number of hydrogen-bond acceptors (Lipinski definition) is 4. The summed E-state index contributed by atoms with van der Waals surface area (Å²) in [6.45, 7) is 4.03. The second-order valence-corrected chi connectivity index (χ2v) is 11.7. The van der Waals surface area contributed by atoms with Gasteiger partial charge in [0, 0.05) is 12.8 Å². The maximum atomic E-state index is 12.5. The predicted molar refractivity (Wildman–Crippen MR) is 185 cm³/mol. The first kappa shape index (κ1) is 41.4. The highest BCUT2D eigenvalue weighted by molar-refractivity contribution is 5.80. The van der Waals surface area contributed by atoms with Gasteiger partial charge in [0.2, 0.25) is 5.91 Å². The van der Waals surface area contributed by atoms with E-state index in [9.17, 15) is 14.4 Å². The van der Waals surface area contributed by atoms with E-state index >= 15 is 0 Å². The molecule has 0 aliphatic carbocycles. The molecule has 0 radical (unpaired) electrons. The Kier molecular flexibility index (Phi) is 31.3. The van der Waals surface area contributed by atoms with Crippen LogP contribution in [0.25, 0.3) is 0 Å². The molecule has 1 unspecified atom stereocenters. The number of carboxylic acid groups (broad SMARTS) is 1. The lowest BCUT2D eigenvalue weighted by atomic mass is 10.0. The second-order valence-electron chi connectivity index (χ2n) is 11.7. The summed E-state index contributed by atoms with van der Waals surface area (Å²) in [5.41, 5.74) is 0. The van der Waals surface area contributed by atoms with E-state index in [0.717, 1.165) is 89.9 Å². The van der Waals surface area contributed by atoms with Crippen LogP contribution in [0.3, 0.4) is 0 Å². The Labute approximate surface area is 269 Å². The number of amides is 1. The van der Waals surface area contributed by atoms with E-state index in [1.54, 1.807) is 0 Å². The number of allylic oxidation sites excluding steroid dienone is 8. The molecule has 6 nitrogen and oxygen atoms in total. The highest BCUT2D eigenvalue weighted by atomic mass is 16.5. The third-order valence-corrected chi connectivity index (χ3v) is 7.52. The molecule has 2 N–H and O–H groups in total. The first-order valence-corrected chi connectivity index (χ1v) is 17.8. The number of hydrogen-bond donors (Lipinski definition) is 2. The van der Waals surface area contributed by atoms with Crippen LogP contribution < -0.4 is 5.32 Å². The molecule has 0 aliphatic rings.